The van der Waals surface area contributed by atoms with Crippen LogP contribution in [0, 0.1) is 30.1 Å². The van der Waals surface area contributed by atoms with Gasteiger partial charge in [-0.1, -0.05) is 36.8 Å². The lowest BCUT2D eigenvalue weighted by atomic mass is 9.80. The number of rotatable bonds is 8. The second-order valence-corrected chi connectivity index (χ2v) is 11.8. The number of morpholine rings is 1. The molecular weight excluding hydrogens is 516 g/mol. The van der Waals surface area contributed by atoms with Gasteiger partial charge in [0.05, 0.1) is 26.4 Å². The molecule has 6 rings (SSSR count). The molecule has 0 spiro atoms. The van der Waals surface area contributed by atoms with E-state index >= 15 is 0 Å². The highest BCUT2D eigenvalue weighted by Gasteiger charge is 2.33. The highest BCUT2D eigenvalue weighted by atomic mass is 16.5. The van der Waals surface area contributed by atoms with Crippen molar-refractivity contribution in [2.45, 2.75) is 70.5 Å². The van der Waals surface area contributed by atoms with Crippen molar-refractivity contribution >= 4 is 28.9 Å². The number of nitrogens with zero attached hydrogens (tertiary/aromatic N) is 5. The molecule has 0 amide bonds. The highest BCUT2D eigenvalue weighted by Crippen LogP contribution is 2.38. The van der Waals surface area contributed by atoms with E-state index in [1.54, 1.807) is 0 Å². The largest absolute Gasteiger partial charge is 0.463 e. The van der Waals surface area contributed by atoms with E-state index in [4.69, 9.17) is 25.9 Å². The van der Waals surface area contributed by atoms with Crippen LogP contribution >= 0.6 is 0 Å². The standard InChI is InChI=1S/C32H40N6O3/c1-4-22-13-15-23(16-14-22)19-38-27-28(33-21(2)24-11-8-12-24)34-30(31(39)40-3)35-29(27)36-32(38)37-17-18-41-20-26(37)25-9-6-5-7-10-25/h1,5-7,9-10,21-24,26H,8,11-20H2,2-3H3,(H,33,34,35)/t21-,22?,23?,26+/m1/s1. The first-order valence-electron chi connectivity index (χ1n) is 15.0. The summed E-state index contributed by atoms with van der Waals surface area (Å²) in [4.78, 5) is 29.5. The van der Waals surface area contributed by atoms with Crippen LogP contribution in [0.4, 0.5) is 11.8 Å². The number of imidazole rings is 1. The zero-order chi connectivity index (χ0) is 28.3. The zero-order valence-electron chi connectivity index (χ0n) is 24.1. The number of methoxy groups -OCH3 is 1. The molecule has 2 aromatic heterocycles. The fourth-order valence-electron chi connectivity index (χ4n) is 6.54. The quantitative estimate of drug-likeness (QED) is 0.298. The summed E-state index contributed by atoms with van der Waals surface area (Å²) in [5.41, 5.74) is 2.53. The first kappa shape index (κ1) is 27.5. The van der Waals surface area contributed by atoms with Gasteiger partial charge in [-0.2, -0.15) is 4.98 Å². The summed E-state index contributed by atoms with van der Waals surface area (Å²) in [6, 6.07) is 10.7. The predicted octanol–water partition coefficient (Wildman–Crippen LogP) is 5.23. The van der Waals surface area contributed by atoms with Gasteiger partial charge >= 0.3 is 5.97 Å². The molecule has 2 aliphatic carbocycles. The highest BCUT2D eigenvalue weighted by molar-refractivity contribution is 5.92. The van der Waals surface area contributed by atoms with Gasteiger partial charge in [0.25, 0.3) is 0 Å². The third-order valence-corrected chi connectivity index (χ3v) is 9.27. The van der Waals surface area contributed by atoms with Crippen molar-refractivity contribution in [3.05, 3.63) is 41.7 Å². The van der Waals surface area contributed by atoms with Gasteiger partial charge in [0.15, 0.2) is 11.5 Å². The molecule has 3 aromatic rings. The van der Waals surface area contributed by atoms with Gasteiger partial charge in [0, 0.05) is 25.0 Å². The van der Waals surface area contributed by atoms with E-state index in [1.807, 2.05) is 6.07 Å². The minimum atomic E-state index is -0.566. The molecule has 9 nitrogen and oxygen atoms in total. The molecule has 0 radical (unpaired) electrons. The Kier molecular flexibility index (Phi) is 8.11. The van der Waals surface area contributed by atoms with Crippen LogP contribution in [-0.2, 0) is 16.0 Å². The van der Waals surface area contributed by atoms with Crippen molar-refractivity contribution in [2.75, 3.05) is 37.1 Å². The monoisotopic (exact) mass is 556 g/mol. The van der Waals surface area contributed by atoms with Crippen molar-refractivity contribution in [1.82, 2.24) is 19.5 Å². The van der Waals surface area contributed by atoms with Crippen molar-refractivity contribution in [3.63, 3.8) is 0 Å². The number of carbonyl (C=O) groups excluding carboxylic acids is 1. The molecule has 1 aliphatic heterocycles. The van der Waals surface area contributed by atoms with Crippen molar-refractivity contribution in [1.29, 1.82) is 0 Å². The van der Waals surface area contributed by atoms with Gasteiger partial charge in [-0.25, -0.2) is 14.8 Å². The summed E-state index contributed by atoms with van der Waals surface area (Å²) in [6.07, 6.45) is 13.6. The number of ether oxygens (including phenoxy) is 2. The van der Waals surface area contributed by atoms with E-state index in [0.717, 1.165) is 43.7 Å². The fourth-order valence-corrected chi connectivity index (χ4v) is 6.54. The number of anilines is 2. The molecule has 0 unspecified atom stereocenters. The number of fused-ring (bicyclic) bond motifs is 1. The van der Waals surface area contributed by atoms with Crippen molar-refractivity contribution in [2.24, 2.45) is 17.8 Å². The maximum Gasteiger partial charge on any atom is 0.376 e. The van der Waals surface area contributed by atoms with Gasteiger partial charge in [-0.15, -0.1) is 12.3 Å². The number of hydrogen-bond acceptors (Lipinski definition) is 8. The zero-order valence-corrected chi connectivity index (χ0v) is 24.1. The molecule has 216 valence electrons. The number of aromatic nitrogens is 4. The third-order valence-electron chi connectivity index (χ3n) is 9.27. The number of nitrogens with one attached hydrogen (secondary N) is 1. The second kappa shape index (κ2) is 12.1. The molecule has 2 atom stereocenters. The van der Waals surface area contributed by atoms with Crippen LogP contribution in [0.3, 0.4) is 0 Å². The van der Waals surface area contributed by atoms with Crippen LogP contribution in [0.1, 0.15) is 74.1 Å². The lowest BCUT2D eigenvalue weighted by Gasteiger charge is -2.37. The Balaban J connectivity index is 1.47. The first-order chi connectivity index (χ1) is 20.1. The van der Waals surface area contributed by atoms with E-state index in [1.165, 1.54) is 31.9 Å². The SMILES string of the molecule is C#CC1CCC(Cn2c(N3CCOC[C@H]3c3ccccc3)nc3nc(C(=O)OC)nc(N[C@H](C)C4CCC4)c32)CC1. The summed E-state index contributed by atoms with van der Waals surface area (Å²) in [6.45, 7) is 4.87. The van der Waals surface area contributed by atoms with Crippen LogP contribution in [0.15, 0.2) is 30.3 Å². The van der Waals surface area contributed by atoms with E-state index in [0.29, 0.717) is 49.0 Å². The number of carbonyl (C=O) groups is 1. The summed E-state index contributed by atoms with van der Waals surface area (Å²) in [5, 5.41) is 3.67. The molecule has 1 N–H and O–H groups in total. The van der Waals surface area contributed by atoms with Gasteiger partial charge in [-0.3, -0.25) is 0 Å². The maximum atomic E-state index is 12.7. The van der Waals surface area contributed by atoms with E-state index in [2.05, 4.69) is 56.9 Å². The Hall–Kier alpha value is -3.64. The van der Waals surface area contributed by atoms with Crippen LogP contribution in [0.25, 0.3) is 11.2 Å². The molecule has 3 heterocycles. The van der Waals surface area contributed by atoms with Gasteiger partial charge < -0.3 is 24.3 Å². The molecule has 0 bridgehead atoms. The van der Waals surface area contributed by atoms with E-state index in [-0.39, 0.29) is 17.9 Å². The van der Waals surface area contributed by atoms with Gasteiger partial charge in [-0.05, 0) is 62.8 Å². The molecule has 3 aliphatic rings. The van der Waals surface area contributed by atoms with E-state index in [9.17, 15) is 4.79 Å². The Morgan fingerprint density at radius 2 is 1.93 bits per heavy atom. The average molecular weight is 557 g/mol. The summed E-state index contributed by atoms with van der Waals surface area (Å²) in [5.74, 6) is 5.31. The minimum Gasteiger partial charge on any atom is -0.463 e. The summed E-state index contributed by atoms with van der Waals surface area (Å²) >= 11 is 0. The lowest BCUT2D eigenvalue weighted by molar-refractivity contribution is 0.0587. The summed E-state index contributed by atoms with van der Waals surface area (Å²) < 4.78 is 13.3. The van der Waals surface area contributed by atoms with E-state index < -0.39 is 5.97 Å². The summed E-state index contributed by atoms with van der Waals surface area (Å²) in [7, 11) is 1.36. The Morgan fingerprint density at radius 3 is 2.61 bits per heavy atom. The fraction of sp³-hybridized carbons (Fsp3) is 0.562. The topological polar surface area (TPSA) is 94.4 Å². The van der Waals surface area contributed by atoms with Crippen LogP contribution in [0.5, 0.6) is 0 Å². The molecule has 2 saturated carbocycles. The maximum absolute atomic E-state index is 12.7. The second-order valence-electron chi connectivity index (χ2n) is 11.8. The number of hydrogen-bond donors (Lipinski definition) is 1. The molecule has 1 aromatic carbocycles. The van der Waals surface area contributed by atoms with Gasteiger partial charge in [0.1, 0.15) is 5.52 Å². The molecular formula is C32H40N6O3. The Morgan fingerprint density at radius 1 is 1.15 bits per heavy atom. The first-order valence-corrected chi connectivity index (χ1v) is 15.0. The molecule has 9 heteroatoms. The van der Waals surface area contributed by atoms with Crippen LogP contribution < -0.4 is 10.2 Å². The van der Waals surface area contributed by atoms with Gasteiger partial charge in [0.2, 0.25) is 11.8 Å². The number of terminal acetylenes is 1. The molecule has 41 heavy (non-hydrogen) atoms. The normalized spacial score (nSPS) is 23.9. The number of esters is 1. The average Bonchev–Trinajstić information content (AvgIpc) is 3.34. The van der Waals surface area contributed by atoms with Crippen LogP contribution in [-0.4, -0.2) is 58.4 Å². The predicted molar refractivity (Wildman–Crippen MR) is 159 cm³/mol. The molecule has 3 fully saturated rings. The Labute approximate surface area is 242 Å². The minimum absolute atomic E-state index is 0.0102. The number of benzene rings is 1. The lowest BCUT2D eigenvalue weighted by Crippen LogP contribution is -2.41. The third kappa shape index (κ3) is 5.62. The smallest absolute Gasteiger partial charge is 0.376 e. The Bertz CT molecular complexity index is 1400. The van der Waals surface area contributed by atoms with Crippen molar-refractivity contribution in [3.8, 4) is 12.3 Å². The van der Waals surface area contributed by atoms with Crippen molar-refractivity contribution < 1.29 is 14.3 Å². The van der Waals surface area contributed by atoms with Crippen LogP contribution in [0.2, 0.25) is 0 Å². The molecule has 1 saturated heterocycles.